The molecule has 2 atom stereocenters. The van der Waals surface area contributed by atoms with E-state index in [-0.39, 0.29) is 17.9 Å². The van der Waals surface area contributed by atoms with Crippen LogP contribution in [-0.4, -0.2) is 38.1 Å². The first-order valence-electron chi connectivity index (χ1n) is 8.35. The fraction of sp³-hybridized carbons (Fsp3) is 0.350. The van der Waals surface area contributed by atoms with E-state index in [0.29, 0.717) is 13.2 Å². The minimum atomic E-state index is -0.126. The van der Waals surface area contributed by atoms with E-state index in [2.05, 4.69) is 22.3 Å². The van der Waals surface area contributed by atoms with Gasteiger partial charge in [-0.15, -0.1) is 0 Å². The zero-order chi connectivity index (χ0) is 16.9. The lowest BCUT2D eigenvalue weighted by molar-refractivity contribution is -0.126. The van der Waals surface area contributed by atoms with Crippen molar-refractivity contribution in [2.75, 3.05) is 27.2 Å². The molecule has 1 heterocycles. The molecule has 0 aliphatic carbocycles. The summed E-state index contributed by atoms with van der Waals surface area (Å²) in [5.74, 6) is 0.836. The van der Waals surface area contributed by atoms with E-state index < -0.39 is 0 Å². The molecule has 4 heteroatoms. The maximum Gasteiger partial charge on any atom is 0.226 e. The van der Waals surface area contributed by atoms with Crippen molar-refractivity contribution in [2.24, 2.45) is 5.92 Å². The van der Waals surface area contributed by atoms with Gasteiger partial charge in [-0.25, -0.2) is 0 Å². The molecule has 1 amide bonds. The third-order valence-electron chi connectivity index (χ3n) is 4.53. The number of carbonyl (C=O) groups is 1. The van der Waals surface area contributed by atoms with E-state index >= 15 is 0 Å². The Hall–Kier alpha value is -2.33. The number of rotatable bonds is 5. The molecule has 0 radical (unpaired) electrons. The second-order valence-corrected chi connectivity index (χ2v) is 6.46. The van der Waals surface area contributed by atoms with Crippen LogP contribution in [0.15, 0.2) is 54.6 Å². The van der Waals surface area contributed by atoms with Crippen molar-refractivity contribution >= 4 is 5.91 Å². The van der Waals surface area contributed by atoms with Crippen LogP contribution in [-0.2, 0) is 11.2 Å². The van der Waals surface area contributed by atoms with Gasteiger partial charge in [-0.05, 0) is 37.7 Å². The third-order valence-corrected chi connectivity index (χ3v) is 4.53. The Bertz CT molecular complexity index is 685. The van der Waals surface area contributed by atoms with Gasteiger partial charge in [0.05, 0.1) is 12.0 Å². The molecule has 1 aliphatic rings. The van der Waals surface area contributed by atoms with Gasteiger partial charge in [0, 0.05) is 6.54 Å². The van der Waals surface area contributed by atoms with Gasteiger partial charge in [-0.2, -0.15) is 0 Å². The molecule has 0 saturated heterocycles. The summed E-state index contributed by atoms with van der Waals surface area (Å²) in [6.45, 7) is 1.04. The Labute approximate surface area is 143 Å². The highest BCUT2D eigenvalue weighted by Gasteiger charge is 2.26. The number of nitrogens with one attached hydrogen (secondary N) is 1. The molecule has 0 saturated carbocycles. The zero-order valence-electron chi connectivity index (χ0n) is 14.2. The summed E-state index contributed by atoms with van der Waals surface area (Å²) in [5, 5.41) is 3.10. The number of para-hydroxylation sites is 1. The van der Waals surface area contributed by atoms with Crippen molar-refractivity contribution in [3.05, 3.63) is 65.7 Å². The van der Waals surface area contributed by atoms with Gasteiger partial charge in [0.1, 0.15) is 12.4 Å². The first-order valence-corrected chi connectivity index (χ1v) is 8.35. The summed E-state index contributed by atoms with van der Waals surface area (Å²) in [5.41, 5.74) is 2.31. The van der Waals surface area contributed by atoms with E-state index in [1.807, 2.05) is 56.6 Å². The molecule has 1 N–H and O–H groups in total. The number of ether oxygens (including phenoxy) is 1. The van der Waals surface area contributed by atoms with Crippen LogP contribution in [0.1, 0.15) is 17.2 Å². The smallest absolute Gasteiger partial charge is 0.226 e. The van der Waals surface area contributed by atoms with Crippen molar-refractivity contribution in [3.8, 4) is 5.75 Å². The minimum Gasteiger partial charge on any atom is -0.492 e. The van der Waals surface area contributed by atoms with Gasteiger partial charge >= 0.3 is 0 Å². The van der Waals surface area contributed by atoms with Crippen LogP contribution in [0.4, 0.5) is 0 Å². The van der Waals surface area contributed by atoms with Gasteiger partial charge in [-0.1, -0.05) is 48.5 Å². The molecule has 0 aromatic heterocycles. The maximum absolute atomic E-state index is 12.6. The second kappa shape index (κ2) is 7.49. The van der Waals surface area contributed by atoms with Crippen LogP contribution in [0.25, 0.3) is 0 Å². The number of carbonyl (C=O) groups excluding carboxylic acids is 1. The van der Waals surface area contributed by atoms with Gasteiger partial charge in [0.2, 0.25) is 5.91 Å². The Morgan fingerprint density at radius 3 is 2.62 bits per heavy atom. The monoisotopic (exact) mass is 324 g/mol. The zero-order valence-corrected chi connectivity index (χ0v) is 14.2. The Morgan fingerprint density at radius 1 is 1.17 bits per heavy atom. The van der Waals surface area contributed by atoms with Crippen LogP contribution in [0.2, 0.25) is 0 Å². The number of benzene rings is 2. The first-order chi connectivity index (χ1) is 11.6. The number of nitrogens with zero attached hydrogens (tertiary/aromatic N) is 1. The van der Waals surface area contributed by atoms with Crippen molar-refractivity contribution in [3.63, 3.8) is 0 Å². The van der Waals surface area contributed by atoms with Crippen molar-refractivity contribution < 1.29 is 9.53 Å². The predicted molar refractivity (Wildman–Crippen MR) is 95.0 cm³/mol. The summed E-state index contributed by atoms with van der Waals surface area (Å²) in [4.78, 5) is 14.7. The van der Waals surface area contributed by atoms with Crippen LogP contribution < -0.4 is 10.1 Å². The van der Waals surface area contributed by atoms with Crippen LogP contribution in [0.3, 0.4) is 0 Å². The minimum absolute atomic E-state index is 0.0623. The number of fused-ring (bicyclic) bond motifs is 1. The van der Waals surface area contributed by atoms with E-state index in [1.165, 1.54) is 5.56 Å². The van der Waals surface area contributed by atoms with Gasteiger partial charge in [0.25, 0.3) is 0 Å². The summed E-state index contributed by atoms with van der Waals surface area (Å²) in [6.07, 6.45) is 0.736. The highest BCUT2D eigenvalue weighted by molar-refractivity contribution is 5.79. The standard InChI is InChI=1S/C20H24N2O2/c1-22(2)18(15-8-4-3-5-9-15)13-21-20(23)17-12-16-10-6-7-11-19(16)24-14-17/h3-11,17-18H,12-14H2,1-2H3,(H,21,23)/t17-,18-/m0/s1. The Balaban J connectivity index is 1.61. The normalized spacial score (nSPS) is 17.7. The molecule has 126 valence electrons. The molecule has 3 rings (SSSR count). The van der Waals surface area contributed by atoms with E-state index in [9.17, 15) is 4.79 Å². The van der Waals surface area contributed by atoms with E-state index in [1.54, 1.807) is 0 Å². The summed E-state index contributed by atoms with van der Waals surface area (Å²) >= 11 is 0. The lowest BCUT2D eigenvalue weighted by atomic mass is 9.96. The van der Waals surface area contributed by atoms with Crippen molar-refractivity contribution in [1.82, 2.24) is 10.2 Å². The van der Waals surface area contributed by atoms with Crippen LogP contribution >= 0.6 is 0 Å². The first kappa shape index (κ1) is 16.5. The molecule has 2 aromatic rings. The second-order valence-electron chi connectivity index (χ2n) is 6.46. The molecule has 4 nitrogen and oxygen atoms in total. The number of likely N-dealkylation sites (N-methyl/N-ethyl adjacent to an activating group) is 1. The Morgan fingerprint density at radius 2 is 1.88 bits per heavy atom. The molecule has 0 unspecified atom stereocenters. The van der Waals surface area contributed by atoms with Gasteiger partial charge in [0.15, 0.2) is 0 Å². The maximum atomic E-state index is 12.6. The molecule has 24 heavy (non-hydrogen) atoms. The van der Waals surface area contributed by atoms with Gasteiger partial charge in [-0.3, -0.25) is 4.79 Å². The fourth-order valence-electron chi connectivity index (χ4n) is 3.11. The lowest BCUT2D eigenvalue weighted by Crippen LogP contribution is -2.41. The molecule has 0 fully saturated rings. The van der Waals surface area contributed by atoms with Crippen LogP contribution in [0, 0.1) is 5.92 Å². The fourth-order valence-corrected chi connectivity index (χ4v) is 3.11. The quantitative estimate of drug-likeness (QED) is 0.919. The molecule has 2 aromatic carbocycles. The average Bonchev–Trinajstić information content (AvgIpc) is 2.62. The number of hydrogen-bond acceptors (Lipinski definition) is 3. The highest BCUT2D eigenvalue weighted by Crippen LogP contribution is 2.27. The summed E-state index contributed by atoms with van der Waals surface area (Å²) < 4.78 is 5.72. The predicted octanol–water partition coefficient (Wildman–Crippen LogP) is 2.66. The number of hydrogen-bond donors (Lipinski definition) is 1. The molecule has 0 bridgehead atoms. The molecular formula is C20H24N2O2. The molecule has 1 aliphatic heterocycles. The summed E-state index contributed by atoms with van der Waals surface area (Å²) in [6, 6.07) is 18.3. The van der Waals surface area contributed by atoms with Crippen LogP contribution in [0.5, 0.6) is 5.75 Å². The summed E-state index contributed by atoms with van der Waals surface area (Å²) in [7, 11) is 4.06. The topological polar surface area (TPSA) is 41.6 Å². The Kier molecular flexibility index (Phi) is 5.16. The SMILES string of the molecule is CN(C)[C@@H](CNC(=O)[C@@H]1COc2ccccc2C1)c1ccccc1. The molecular weight excluding hydrogens is 300 g/mol. The molecule has 0 spiro atoms. The lowest BCUT2D eigenvalue weighted by Gasteiger charge is -2.28. The van der Waals surface area contributed by atoms with Crippen molar-refractivity contribution in [2.45, 2.75) is 12.5 Å². The number of amides is 1. The van der Waals surface area contributed by atoms with Gasteiger partial charge < -0.3 is 15.0 Å². The third kappa shape index (κ3) is 3.77. The average molecular weight is 324 g/mol. The van der Waals surface area contributed by atoms with Crippen molar-refractivity contribution in [1.29, 1.82) is 0 Å². The largest absolute Gasteiger partial charge is 0.492 e. The van der Waals surface area contributed by atoms with E-state index in [4.69, 9.17) is 4.74 Å². The highest BCUT2D eigenvalue weighted by atomic mass is 16.5. The van der Waals surface area contributed by atoms with E-state index in [0.717, 1.165) is 17.7 Å².